The average molecular weight is 827 g/mol. The van der Waals surface area contributed by atoms with E-state index in [1.165, 1.54) is 31.3 Å². The fraction of sp³-hybridized carbons (Fsp3) is 0. The van der Waals surface area contributed by atoms with E-state index >= 15 is 0 Å². The highest BCUT2D eigenvalue weighted by molar-refractivity contribution is 7.26. The van der Waals surface area contributed by atoms with E-state index in [9.17, 15) is 0 Å². The molecule has 0 spiro atoms. The number of hydrogen-bond acceptors (Lipinski definition) is 6. The predicted molar refractivity (Wildman–Crippen MR) is 261 cm³/mol. The van der Waals surface area contributed by atoms with Crippen LogP contribution < -0.4 is 0 Å². The molecule has 0 unspecified atom stereocenters. The largest absolute Gasteiger partial charge is 0.227 e. The van der Waals surface area contributed by atoms with Crippen LogP contribution in [-0.4, -0.2) is 19.9 Å². The minimum absolute atomic E-state index is 0.723. The van der Waals surface area contributed by atoms with Crippen molar-refractivity contribution >= 4 is 63.3 Å². The molecule has 290 valence electrons. The summed E-state index contributed by atoms with van der Waals surface area (Å²) < 4.78 is 2.41. The number of benzene rings is 8. The van der Waals surface area contributed by atoms with E-state index in [4.69, 9.17) is 19.9 Å². The lowest BCUT2D eigenvalue weighted by molar-refractivity contribution is 1.24. The highest BCUT2D eigenvalue weighted by atomic mass is 32.1. The van der Waals surface area contributed by atoms with E-state index < -0.39 is 0 Å². The van der Waals surface area contributed by atoms with Crippen LogP contribution in [0.2, 0.25) is 0 Å². The molecule has 0 atom stereocenters. The number of thiophene rings is 2. The number of fused-ring (bicyclic) bond motifs is 6. The molecule has 4 heterocycles. The molecule has 4 aromatic heterocycles. The van der Waals surface area contributed by atoms with Gasteiger partial charge < -0.3 is 0 Å². The molecular weight excluding hydrogens is 793 g/mol. The van der Waals surface area contributed by atoms with Gasteiger partial charge in [-0.15, -0.1) is 22.7 Å². The van der Waals surface area contributed by atoms with E-state index in [1.54, 1.807) is 22.7 Å². The zero-order valence-electron chi connectivity index (χ0n) is 33.2. The summed E-state index contributed by atoms with van der Waals surface area (Å²) >= 11 is 3.44. The van der Waals surface area contributed by atoms with Gasteiger partial charge in [-0.25, -0.2) is 19.9 Å². The number of aromatic nitrogens is 4. The average Bonchev–Trinajstić information content (AvgIpc) is 3.93. The third-order valence-electron chi connectivity index (χ3n) is 11.6. The number of rotatable bonds is 7. The fourth-order valence-corrected chi connectivity index (χ4v) is 10.7. The second-order valence-corrected chi connectivity index (χ2v) is 17.5. The summed E-state index contributed by atoms with van der Waals surface area (Å²) in [7, 11) is 0. The van der Waals surface area contributed by atoms with Crippen LogP contribution in [0, 0.1) is 0 Å². The highest BCUT2D eigenvalue weighted by Crippen LogP contribution is 2.42. The Hall–Kier alpha value is -7.64. The summed E-state index contributed by atoms with van der Waals surface area (Å²) in [6.45, 7) is 0. The Kier molecular flexibility index (Phi) is 8.84. The van der Waals surface area contributed by atoms with E-state index in [-0.39, 0.29) is 0 Å². The minimum atomic E-state index is 0.723. The van der Waals surface area contributed by atoms with Crippen molar-refractivity contribution in [3.63, 3.8) is 0 Å². The first-order valence-corrected chi connectivity index (χ1v) is 22.2. The highest BCUT2D eigenvalue weighted by Gasteiger charge is 2.19. The molecule has 0 amide bonds. The van der Waals surface area contributed by atoms with Crippen LogP contribution >= 0.6 is 22.7 Å². The maximum atomic E-state index is 5.32. The van der Waals surface area contributed by atoms with Crippen LogP contribution in [0.1, 0.15) is 0 Å². The molecular formula is C56H34N4S2. The first kappa shape index (κ1) is 36.2. The standard InChI is InChI=1S/C56H34N4S2/c1-3-13-35(14-4-1)41-17-11-19-43(33-41)53-57-51(49-45-21-7-9-23-47(45)61-55(49)59-53)39-29-25-37(26-30-39)38-27-31-40(32-28-38)52-50-46-22-8-10-24-48(46)62-56(50)60-54(58-52)44-20-12-18-42(34-44)36-15-5-2-6-16-36/h1-34H. The van der Waals surface area contributed by atoms with Gasteiger partial charge in [0.1, 0.15) is 9.66 Å². The van der Waals surface area contributed by atoms with Gasteiger partial charge in [0.25, 0.3) is 0 Å². The van der Waals surface area contributed by atoms with Gasteiger partial charge in [-0.2, -0.15) is 0 Å². The topological polar surface area (TPSA) is 51.6 Å². The van der Waals surface area contributed by atoms with Gasteiger partial charge in [0.2, 0.25) is 0 Å². The van der Waals surface area contributed by atoms with Crippen molar-refractivity contribution in [2.45, 2.75) is 0 Å². The first-order chi connectivity index (χ1) is 30.7. The first-order valence-electron chi connectivity index (χ1n) is 20.6. The Morgan fingerprint density at radius 1 is 0.258 bits per heavy atom. The molecule has 0 fully saturated rings. The molecule has 0 N–H and O–H groups in total. The lowest BCUT2D eigenvalue weighted by Crippen LogP contribution is -1.94. The minimum Gasteiger partial charge on any atom is -0.227 e. The lowest BCUT2D eigenvalue weighted by atomic mass is 9.98. The Bertz CT molecular complexity index is 3370. The van der Waals surface area contributed by atoms with Crippen molar-refractivity contribution in [3.8, 4) is 78.7 Å². The van der Waals surface area contributed by atoms with Gasteiger partial charge in [-0.05, 0) is 57.6 Å². The number of hydrogen-bond donors (Lipinski definition) is 0. The normalized spacial score (nSPS) is 11.5. The second-order valence-electron chi connectivity index (χ2n) is 15.4. The smallest absolute Gasteiger partial charge is 0.161 e. The lowest BCUT2D eigenvalue weighted by Gasteiger charge is -2.11. The van der Waals surface area contributed by atoms with Crippen molar-refractivity contribution in [3.05, 3.63) is 206 Å². The van der Waals surface area contributed by atoms with Crippen LogP contribution in [-0.2, 0) is 0 Å². The summed E-state index contributed by atoms with van der Waals surface area (Å²) in [5.41, 5.74) is 12.8. The summed E-state index contributed by atoms with van der Waals surface area (Å²) in [6.07, 6.45) is 0. The van der Waals surface area contributed by atoms with E-state index in [0.717, 1.165) is 88.0 Å². The van der Waals surface area contributed by atoms with Crippen molar-refractivity contribution in [2.24, 2.45) is 0 Å². The van der Waals surface area contributed by atoms with Gasteiger partial charge in [0, 0.05) is 53.2 Å². The van der Waals surface area contributed by atoms with Gasteiger partial charge in [-0.1, -0.05) is 182 Å². The SMILES string of the molecule is c1ccc(-c2cccc(-c3nc(-c4ccc(-c5ccc(-c6nc(-c7cccc(-c8ccccc8)c7)nc7sc8ccccc8c67)cc5)cc4)c4c(n3)sc3ccccc34)c2)cc1. The molecule has 12 rings (SSSR count). The van der Waals surface area contributed by atoms with Gasteiger partial charge in [-0.3, -0.25) is 0 Å². The zero-order valence-corrected chi connectivity index (χ0v) is 34.9. The van der Waals surface area contributed by atoms with Crippen LogP contribution in [0.5, 0.6) is 0 Å². The van der Waals surface area contributed by atoms with Gasteiger partial charge in [0.05, 0.1) is 11.4 Å². The van der Waals surface area contributed by atoms with Gasteiger partial charge in [0.15, 0.2) is 11.6 Å². The Balaban J connectivity index is 0.921. The quantitative estimate of drug-likeness (QED) is 0.161. The third-order valence-corrected chi connectivity index (χ3v) is 13.7. The molecule has 0 aliphatic carbocycles. The van der Waals surface area contributed by atoms with Crippen molar-refractivity contribution in [2.75, 3.05) is 0 Å². The van der Waals surface area contributed by atoms with Gasteiger partial charge >= 0.3 is 0 Å². The Morgan fingerprint density at radius 2 is 0.597 bits per heavy atom. The molecule has 8 aromatic carbocycles. The van der Waals surface area contributed by atoms with Crippen LogP contribution in [0.15, 0.2) is 206 Å². The molecule has 0 radical (unpaired) electrons. The molecule has 4 nitrogen and oxygen atoms in total. The predicted octanol–water partition coefficient (Wildman–Crippen LogP) is 15.7. The molecule has 6 heteroatoms. The third kappa shape index (κ3) is 6.45. The van der Waals surface area contributed by atoms with Crippen molar-refractivity contribution in [1.82, 2.24) is 19.9 Å². The Labute approximate surface area is 366 Å². The maximum Gasteiger partial charge on any atom is 0.161 e. The van der Waals surface area contributed by atoms with E-state index in [1.807, 2.05) is 12.1 Å². The fourth-order valence-electron chi connectivity index (χ4n) is 8.50. The summed E-state index contributed by atoms with van der Waals surface area (Å²) in [5.74, 6) is 1.45. The number of nitrogens with zero attached hydrogens (tertiary/aromatic N) is 4. The summed E-state index contributed by atoms with van der Waals surface area (Å²) in [6, 6.07) is 72.7. The second kappa shape index (κ2) is 15.1. The molecule has 12 aromatic rings. The van der Waals surface area contributed by atoms with Crippen molar-refractivity contribution < 1.29 is 0 Å². The van der Waals surface area contributed by atoms with Crippen LogP contribution in [0.3, 0.4) is 0 Å². The van der Waals surface area contributed by atoms with E-state index in [0.29, 0.717) is 0 Å². The maximum absolute atomic E-state index is 5.32. The van der Waals surface area contributed by atoms with Crippen molar-refractivity contribution in [1.29, 1.82) is 0 Å². The molecule has 0 aliphatic heterocycles. The molecule has 0 saturated carbocycles. The summed E-state index contributed by atoms with van der Waals surface area (Å²) in [4.78, 5) is 23.0. The monoisotopic (exact) mass is 826 g/mol. The molecule has 62 heavy (non-hydrogen) atoms. The molecule has 0 aliphatic rings. The van der Waals surface area contributed by atoms with Crippen LogP contribution in [0.25, 0.3) is 119 Å². The van der Waals surface area contributed by atoms with E-state index in [2.05, 4.69) is 194 Å². The van der Waals surface area contributed by atoms with Crippen LogP contribution in [0.4, 0.5) is 0 Å². The summed E-state index contributed by atoms with van der Waals surface area (Å²) in [5, 5.41) is 4.54. The molecule has 0 bridgehead atoms. The zero-order chi connectivity index (χ0) is 41.0. The Morgan fingerprint density at radius 3 is 1.03 bits per heavy atom. The molecule has 0 saturated heterocycles.